The van der Waals surface area contributed by atoms with Gasteiger partial charge in [0.2, 0.25) is 0 Å². The molecule has 0 spiro atoms. The van der Waals surface area contributed by atoms with Crippen molar-refractivity contribution in [1.29, 1.82) is 0 Å². The van der Waals surface area contributed by atoms with Crippen molar-refractivity contribution >= 4 is 31.3 Å². The molecule has 2 N–H and O–H groups in total. The van der Waals surface area contributed by atoms with E-state index in [1.807, 2.05) is 0 Å². The van der Waals surface area contributed by atoms with Gasteiger partial charge in [-0.25, -0.2) is 0 Å². The highest BCUT2D eigenvalue weighted by Crippen LogP contribution is 2.24. The van der Waals surface area contributed by atoms with Crippen LogP contribution in [0.4, 0.5) is 5.69 Å². The number of hydrogen-bond acceptors (Lipinski definition) is 2. The Morgan fingerprint density at radius 3 is 2.45 bits per heavy atom. The SMILES string of the molecule is CC(C)(O)C(=O)Nc1cccc(Cl)c1C#C[Si](C)(C)C. The fraction of sp³-hybridized carbons (Fsp3) is 0.400. The minimum atomic E-state index is -1.54. The summed E-state index contributed by atoms with van der Waals surface area (Å²) in [5.74, 6) is 2.57. The van der Waals surface area contributed by atoms with E-state index in [0.29, 0.717) is 16.3 Å². The monoisotopic (exact) mass is 309 g/mol. The maximum atomic E-state index is 11.9. The van der Waals surface area contributed by atoms with Crippen molar-refractivity contribution in [2.75, 3.05) is 5.32 Å². The fourth-order valence-electron chi connectivity index (χ4n) is 1.28. The molecule has 0 saturated carbocycles. The Kier molecular flexibility index (Phi) is 5.03. The van der Waals surface area contributed by atoms with Crippen molar-refractivity contribution in [1.82, 2.24) is 0 Å². The zero-order valence-corrected chi connectivity index (χ0v) is 14.2. The number of aliphatic hydroxyl groups is 1. The minimum absolute atomic E-state index is 0.490. The second kappa shape index (κ2) is 6.00. The largest absolute Gasteiger partial charge is 0.381 e. The molecule has 108 valence electrons. The second-order valence-corrected chi connectivity index (χ2v) is 11.3. The maximum absolute atomic E-state index is 11.9. The molecule has 0 heterocycles. The summed E-state index contributed by atoms with van der Waals surface area (Å²) in [6.45, 7) is 9.25. The van der Waals surface area contributed by atoms with Gasteiger partial charge in [0.25, 0.3) is 5.91 Å². The molecule has 1 amide bonds. The molecule has 0 unspecified atom stereocenters. The molecule has 0 saturated heterocycles. The number of carbonyl (C=O) groups excluding carboxylic acids is 1. The van der Waals surface area contributed by atoms with Gasteiger partial charge in [-0.15, -0.1) is 5.54 Å². The molecule has 20 heavy (non-hydrogen) atoms. The average molecular weight is 310 g/mol. The predicted molar refractivity (Wildman–Crippen MR) is 86.6 cm³/mol. The summed E-state index contributed by atoms with van der Waals surface area (Å²) in [6.07, 6.45) is 0. The molecule has 1 aromatic carbocycles. The summed E-state index contributed by atoms with van der Waals surface area (Å²) in [4.78, 5) is 11.9. The van der Waals surface area contributed by atoms with E-state index in [2.05, 4.69) is 36.4 Å². The van der Waals surface area contributed by atoms with Crippen LogP contribution in [0.2, 0.25) is 24.7 Å². The lowest BCUT2D eigenvalue weighted by Crippen LogP contribution is -2.36. The summed E-state index contributed by atoms with van der Waals surface area (Å²) in [5.41, 5.74) is 2.88. The lowest BCUT2D eigenvalue weighted by molar-refractivity contribution is -0.130. The van der Waals surface area contributed by atoms with E-state index in [4.69, 9.17) is 11.6 Å². The van der Waals surface area contributed by atoms with Crippen LogP contribution in [0.3, 0.4) is 0 Å². The molecule has 0 bridgehead atoms. The van der Waals surface area contributed by atoms with Crippen LogP contribution in [-0.2, 0) is 4.79 Å². The highest BCUT2D eigenvalue weighted by molar-refractivity contribution is 6.83. The van der Waals surface area contributed by atoms with E-state index in [1.165, 1.54) is 13.8 Å². The summed E-state index contributed by atoms with van der Waals surface area (Å²) >= 11 is 6.16. The zero-order chi connectivity index (χ0) is 15.6. The number of rotatable bonds is 2. The Hall–Kier alpha value is -1.28. The van der Waals surface area contributed by atoms with Gasteiger partial charge in [0, 0.05) is 0 Å². The molecule has 1 rings (SSSR count). The van der Waals surface area contributed by atoms with E-state index < -0.39 is 19.6 Å². The molecule has 1 aromatic rings. The summed E-state index contributed by atoms with van der Waals surface area (Å²) in [5, 5.41) is 12.8. The minimum Gasteiger partial charge on any atom is -0.381 e. The summed E-state index contributed by atoms with van der Waals surface area (Å²) < 4.78 is 0. The number of amides is 1. The van der Waals surface area contributed by atoms with E-state index in [-0.39, 0.29) is 0 Å². The standard InChI is InChI=1S/C15H20ClNO2Si/c1-15(2,19)14(18)17-13-8-6-7-12(16)11(13)9-10-20(3,4)5/h6-8,19H,1-5H3,(H,17,18). The van der Waals surface area contributed by atoms with Crippen molar-refractivity contribution in [2.45, 2.75) is 39.1 Å². The van der Waals surface area contributed by atoms with Gasteiger partial charge in [-0.1, -0.05) is 43.2 Å². The van der Waals surface area contributed by atoms with Gasteiger partial charge in [0.1, 0.15) is 13.7 Å². The number of halogens is 1. The number of nitrogens with one attached hydrogen (secondary N) is 1. The Labute approximate surface area is 126 Å². The third kappa shape index (κ3) is 5.01. The van der Waals surface area contributed by atoms with Crippen LogP contribution >= 0.6 is 11.6 Å². The van der Waals surface area contributed by atoms with Crippen LogP contribution < -0.4 is 5.32 Å². The third-order valence-electron chi connectivity index (χ3n) is 2.38. The Balaban J connectivity index is 3.18. The quantitative estimate of drug-likeness (QED) is 0.650. The van der Waals surface area contributed by atoms with Crippen LogP contribution in [0.1, 0.15) is 19.4 Å². The molecule has 0 aromatic heterocycles. The highest BCUT2D eigenvalue weighted by atomic mass is 35.5. The molecule has 0 aliphatic heterocycles. The Bertz CT molecular complexity index is 574. The van der Waals surface area contributed by atoms with Gasteiger partial charge in [-0.05, 0) is 26.0 Å². The van der Waals surface area contributed by atoms with E-state index in [9.17, 15) is 9.90 Å². The van der Waals surface area contributed by atoms with Crippen molar-refractivity contribution in [3.63, 3.8) is 0 Å². The molecule has 0 aliphatic rings. The van der Waals surface area contributed by atoms with Gasteiger partial charge >= 0.3 is 0 Å². The summed E-state index contributed by atoms with van der Waals surface area (Å²) in [7, 11) is -1.54. The van der Waals surface area contributed by atoms with Crippen molar-refractivity contribution < 1.29 is 9.90 Å². The van der Waals surface area contributed by atoms with Crippen LogP contribution in [0.5, 0.6) is 0 Å². The smallest absolute Gasteiger partial charge is 0.255 e. The molecule has 0 fully saturated rings. The maximum Gasteiger partial charge on any atom is 0.255 e. The van der Waals surface area contributed by atoms with Crippen molar-refractivity contribution in [3.8, 4) is 11.5 Å². The fourth-order valence-corrected chi connectivity index (χ4v) is 2.00. The number of carbonyl (C=O) groups is 1. The van der Waals surface area contributed by atoms with Crippen LogP contribution in [0.25, 0.3) is 0 Å². The summed E-state index contributed by atoms with van der Waals surface area (Å²) in [6, 6.07) is 5.20. The normalized spacial score (nSPS) is 11.6. The molecule has 0 atom stereocenters. The lowest BCUT2D eigenvalue weighted by atomic mass is 10.1. The Morgan fingerprint density at radius 1 is 1.35 bits per heavy atom. The lowest BCUT2D eigenvalue weighted by Gasteiger charge is -2.17. The van der Waals surface area contributed by atoms with Crippen molar-refractivity contribution in [3.05, 3.63) is 28.8 Å². The molecule has 3 nitrogen and oxygen atoms in total. The van der Waals surface area contributed by atoms with Gasteiger partial charge < -0.3 is 10.4 Å². The first-order valence-corrected chi connectivity index (χ1v) is 10.2. The van der Waals surface area contributed by atoms with Crippen molar-refractivity contribution in [2.24, 2.45) is 0 Å². The number of benzene rings is 1. The third-order valence-corrected chi connectivity index (χ3v) is 3.57. The topological polar surface area (TPSA) is 49.3 Å². The van der Waals surface area contributed by atoms with E-state index >= 15 is 0 Å². The molecule has 0 aliphatic carbocycles. The van der Waals surface area contributed by atoms with E-state index in [1.54, 1.807) is 18.2 Å². The van der Waals surface area contributed by atoms with Gasteiger partial charge in [0.15, 0.2) is 0 Å². The average Bonchev–Trinajstić information content (AvgIpc) is 2.25. The van der Waals surface area contributed by atoms with E-state index in [0.717, 1.165) is 0 Å². The Morgan fingerprint density at radius 2 is 1.95 bits per heavy atom. The molecule has 5 heteroatoms. The van der Waals surface area contributed by atoms with Crippen LogP contribution in [0, 0.1) is 11.5 Å². The zero-order valence-electron chi connectivity index (χ0n) is 12.5. The molecular formula is C15H20ClNO2Si. The van der Waals surface area contributed by atoms with Gasteiger partial charge in [-0.3, -0.25) is 4.79 Å². The number of hydrogen-bond donors (Lipinski definition) is 2. The first-order chi connectivity index (χ1) is 9.00. The highest BCUT2D eigenvalue weighted by Gasteiger charge is 2.24. The molecule has 0 radical (unpaired) electrons. The first-order valence-electron chi connectivity index (χ1n) is 6.36. The van der Waals surface area contributed by atoms with Gasteiger partial charge in [0.05, 0.1) is 16.3 Å². The van der Waals surface area contributed by atoms with Crippen LogP contribution in [0.15, 0.2) is 18.2 Å². The van der Waals surface area contributed by atoms with Gasteiger partial charge in [-0.2, -0.15) is 0 Å². The second-order valence-electron chi connectivity index (χ2n) is 6.18. The first kappa shape index (κ1) is 16.8. The number of anilines is 1. The predicted octanol–water partition coefficient (Wildman–Crippen LogP) is 3.28. The molecular weight excluding hydrogens is 290 g/mol. The van der Waals surface area contributed by atoms with Crippen LogP contribution in [-0.4, -0.2) is 24.7 Å².